The molecular formula is C20H22N2O6. The summed E-state index contributed by atoms with van der Waals surface area (Å²) in [4.78, 5) is 48.9. The Hall–Kier alpha value is -3.42. The number of hydrogen-bond donors (Lipinski definition) is 2. The molecule has 0 heterocycles. The van der Waals surface area contributed by atoms with Gasteiger partial charge in [0.25, 0.3) is 5.91 Å². The molecule has 0 saturated carbocycles. The van der Waals surface area contributed by atoms with E-state index in [0.717, 1.165) is 19.6 Å². The minimum absolute atomic E-state index is 0.337. The summed E-state index contributed by atoms with van der Waals surface area (Å²) in [6, 6.07) is 11.1. The van der Waals surface area contributed by atoms with Gasteiger partial charge in [0.15, 0.2) is 5.92 Å². The molecule has 2 aromatic carbocycles. The Bertz CT molecular complexity index is 889. The van der Waals surface area contributed by atoms with Crippen LogP contribution in [0.2, 0.25) is 0 Å². The second-order valence-electron chi connectivity index (χ2n) is 6.26. The molecule has 0 aliphatic heterocycles. The van der Waals surface area contributed by atoms with Crippen molar-refractivity contribution in [1.82, 2.24) is 5.32 Å². The third kappa shape index (κ3) is 4.28. The number of carbonyl (C=O) groups is 4. The number of nitrogens with one attached hydrogen (secondary N) is 1. The van der Waals surface area contributed by atoms with Crippen molar-refractivity contribution in [2.75, 3.05) is 14.2 Å². The van der Waals surface area contributed by atoms with Crippen LogP contribution >= 0.6 is 0 Å². The molecule has 2 amide bonds. The van der Waals surface area contributed by atoms with Crippen molar-refractivity contribution in [3.8, 4) is 0 Å². The first-order chi connectivity index (χ1) is 13.3. The third-order valence-corrected chi connectivity index (χ3v) is 4.59. The summed E-state index contributed by atoms with van der Waals surface area (Å²) < 4.78 is 9.26. The van der Waals surface area contributed by atoms with Crippen molar-refractivity contribution in [2.45, 2.75) is 13.0 Å². The lowest BCUT2D eigenvalue weighted by molar-refractivity contribution is -0.161. The first kappa shape index (κ1) is 20.9. The quantitative estimate of drug-likeness (QED) is 0.541. The number of hydrogen-bond acceptors (Lipinski definition) is 6. The van der Waals surface area contributed by atoms with Crippen LogP contribution in [0.3, 0.4) is 0 Å². The summed E-state index contributed by atoms with van der Waals surface area (Å²) in [7, 11) is 2.22. The van der Waals surface area contributed by atoms with Crippen LogP contribution in [0.25, 0.3) is 10.8 Å². The maximum Gasteiger partial charge on any atom is 0.320 e. The number of primary amides is 1. The second kappa shape index (κ2) is 8.98. The predicted molar refractivity (Wildman–Crippen MR) is 101 cm³/mol. The Morgan fingerprint density at radius 3 is 2.07 bits per heavy atom. The minimum atomic E-state index is -1.42. The summed E-state index contributed by atoms with van der Waals surface area (Å²) in [5, 5.41) is 4.07. The highest BCUT2D eigenvalue weighted by atomic mass is 16.5. The molecule has 0 fully saturated rings. The molecule has 0 aliphatic rings. The number of nitrogens with two attached hydrogens (primary N) is 1. The van der Waals surface area contributed by atoms with Crippen molar-refractivity contribution < 1.29 is 28.7 Å². The van der Waals surface area contributed by atoms with Gasteiger partial charge in [-0.2, -0.15) is 0 Å². The zero-order valence-electron chi connectivity index (χ0n) is 15.8. The first-order valence-electron chi connectivity index (χ1n) is 8.55. The molecule has 3 N–H and O–H groups in total. The molecule has 0 spiro atoms. The summed E-state index contributed by atoms with van der Waals surface area (Å²) in [6.07, 6.45) is 0. The van der Waals surface area contributed by atoms with Crippen LogP contribution in [0.15, 0.2) is 42.5 Å². The highest BCUT2D eigenvalue weighted by molar-refractivity contribution is 6.08. The summed E-state index contributed by atoms with van der Waals surface area (Å²) in [6.45, 7) is 1.44. The van der Waals surface area contributed by atoms with Gasteiger partial charge in [-0.1, -0.05) is 43.3 Å². The van der Waals surface area contributed by atoms with Crippen LogP contribution in [-0.4, -0.2) is 44.0 Å². The van der Waals surface area contributed by atoms with Gasteiger partial charge in [0.05, 0.1) is 14.2 Å². The van der Waals surface area contributed by atoms with Gasteiger partial charge in [-0.05, 0) is 16.8 Å². The van der Waals surface area contributed by atoms with E-state index in [-0.39, 0.29) is 0 Å². The van der Waals surface area contributed by atoms with Crippen LogP contribution in [0, 0.1) is 11.8 Å². The monoisotopic (exact) mass is 386 g/mol. The molecule has 8 nitrogen and oxygen atoms in total. The summed E-state index contributed by atoms with van der Waals surface area (Å²) in [5.74, 6) is -5.62. The lowest BCUT2D eigenvalue weighted by atomic mass is 9.86. The number of rotatable bonds is 7. The highest BCUT2D eigenvalue weighted by Gasteiger charge is 2.41. The van der Waals surface area contributed by atoms with E-state index in [9.17, 15) is 19.2 Å². The highest BCUT2D eigenvalue weighted by Crippen LogP contribution is 2.22. The van der Waals surface area contributed by atoms with E-state index in [4.69, 9.17) is 5.73 Å². The van der Waals surface area contributed by atoms with Gasteiger partial charge in [0.2, 0.25) is 5.91 Å². The van der Waals surface area contributed by atoms with Crippen LogP contribution in [0.1, 0.15) is 17.3 Å². The summed E-state index contributed by atoms with van der Waals surface area (Å²) >= 11 is 0. The van der Waals surface area contributed by atoms with Gasteiger partial charge in [0.1, 0.15) is 6.04 Å². The second-order valence-corrected chi connectivity index (χ2v) is 6.26. The molecule has 148 valence electrons. The molecule has 2 aromatic rings. The van der Waals surface area contributed by atoms with Gasteiger partial charge >= 0.3 is 11.9 Å². The molecule has 0 unspecified atom stereocenters. The van der Waals surface area contributed by atoms with E-state index < -0.39 is 41.6 Å². The van der Waals surface area contributed by atoms with E-state index in [1.165, 1.54) is 6.92 Å². The lowest BCUT2D eigenvalue weighted by Crippen LogP contribution is -2.52. The topological polar surface area (TPSA) is 125 Å². The number of benzene rings is 2. The van der Waals surface area contributed by atoms with Gasteiger partial charge in [-0.25, -0.2) is 0 Å². The fraction of sp³-hybridized carbons (Fsp3) is 0.300. The number of fused-ring (bicyclic) bond motifs is 1. The van der Waals surface area contributed by atoms with Gasteiger partial charge in [-0.15, -0.1) is 0 Å². The first-order valence-corrected chi connectivity index (χ1v) is 8.55. The third-order valence-electron chi connectivity index (χ3n) is 4.59. The van der Waals surface area contributed by atoms with Gasteiger partial charge in [-0.3, -0.25) is 19.2 Å². The maximum absolute atomic E-state index is 12.8. The van der Waals surface area contributed by atoms with E-state index >= 15 is 0 Å². The van der Waals surface area contributed by atoms with Crippen molar-refractivity contribution >= 4 is 34.5 Å². The smallest absolute Gasteiger partial charge is 0.320 e. The largest absolute Gasteiger partial charge is 0.468 e. The van der Waals surface area contributed by atoms with Crippen molar-refractivity contribution in [3.63, 3.8) is 0 Å². The van der Waals surface area contributed by atoms with E-state index in [1.54, 1.807) is 24.3 Å². The number of carbonyl (C=O) groups excluding carboxylic acids is 4. The molecule has 0 radical (unpaired) electrons. The molecule has 0 aliphatic carbocycles. The Labute approximate surface area is 162 Å². The molecule has 2 atom stereocenters. The Morgan fingerprint density at radius 2 is 1.50 bits per heavy atom. The normalized spacial score (nSPS) is 12.9. The van der Waals surface area contributed by atoms with Gasteiger partial charge in [0, 0.05) is 11.5 Å². The Kier molecular flexibility index (Phi) is 6.70. The number of amides is 2. The fourth-order valence-electron chi connectivity index (χ4n) is 3.08. The van der Waals surface area contributed by atoms with Crippen LogP contribution in [0.5, 0.6) is 0 Å². The average molecular weight is 386 g/mol. The Balaban J connectivity index is 2.35. The number of esters is 2. The predicted octanol–water partition coefficient (Wildman–Crippen LogP) is 1.02. The SMILES string of the molecule is COC(=O)C(C(=O)OC)[C@@H](C)[C@H](NC(=O)c1cccc2ccccc12)C(N)=O. The maximum atomic E-state index is 12.8. The molecule has 0 saturated heterocycles. The molecule has 0 bridgehead atoms. The van der Waals surface area contributed by atoms with E-state index in [2.05, 4.69) is 14.8 Å². The van der Waals surface area contributed by atoms with Crippen molar-refractivity contribution in [3.05, 3.63) is 48.0 Å². The van der Waals surface area contributed by atoms with E-state index in [0.29, 0.717) is 10.9 Å². The zero-order valence-corrected chi connectivity index (χ0v) is 15.8. The molecular weight excluding hydrogens is 364 g/mol. The van der Waals surface area contributed by atoms with Crippen molar-refractivity contribution in [1.29, 1.82) is 0 Å². The zero-order chi connectivity index (χ0) is 20.8. The van der Waals surface area contributed by atoms with Crippen LogP contribution < -0.4 is 11.1 Å². The summed E-state index contributed by atoms with van der Waals surface area (Å²) in [5.41, 5.74) is 5.78. The minimum Gasteiger partial charge on any atom is -0.468 e. The van der Waals surface area contributed by atoms with Crippen LogP contribution in [0.4, 0.5) is 0 Å². The van der Waals surface area contributed by atoms with Crippen molar-refractivity contribution in [2.24, 2.45) is 17.6 Å². The average Bonchev–Trinajstić information content (AvgIpc) is 2.70. The molecule has 28 heavy (non-hydrogen) atoms. The number of methoxy groups -OCH3 is 2. The molecule has 8 heteroatoms. The lowest BCUT2D eigenvalue weighted by Gasteiger charge is -2.26. The molecule has 2 rings (SSSR count). The molecule has 0 aromatic heterocycles. The fourth-order valence-corrected chi connectivity index (χ4v) is 3.08. The Morgan fingerprint density at radius 1 is 0.929 bits per heavy atom. The standard InChI is InChI=1S/C20H22N2O6/c1-11(15(19(25)27-2)20(26)28-3)16(17(21)23)22-18(24)14-10-6-8-12-7-4-5-9-13(12)14/h4-11,15-16H,1-3H3,(H2,21,23)(H,22,24)/t11-,16+/m1/s1. The van der Waals surface area contributed by atoms with Gasteiger partial charge < -0.3 is 20.5 Å². The van der Waals surface area contributed by atoms with Crippen LogP contribution in [-0.2, 0) is 23.9 Å². The van der Waals surface area contributed by atoms with E-state index in [1.807, 2.05) is 18.2 Å². The number of ether oxygens (including phenoxy) is 2.